The van der Waals surface area contributed by atoms with Crippen LogP contribution in [0.4, 0.5) is 4.79 Å². The fourth-order valence-corrected chi connectivity index (χ4v) is 2.94. The number of imide groups is 1. The van der Waals surface area contributed by atoms with E-state index >= 15 is 0 Å². The van der Waals surface area contributed by atoms with E-state index in [0.29, 0.717) is 19.4 Å². The van der Waals surface area contributed by atoms with E-state index in [1.807, 2.05) is 0 Å². The summed E-state index contributed by atoms with van der Waals surface area (Å²) >= 11 is 0. The van der Waals surface area contributed by atoms with Crippen molar-refractivity contribution >= 4 is 23.8 Å². The Morgan fingerprint density at radius 3 is 2.67 bits per heavy atom. The second kappa shape index (κ2) is 6.11. The quantitative estimate of drug-likeness (QED) is 0.700. The van der Waals surface area contributed by atoms with E-state index in [1.54, 1.807) is 6.92 Å². The van der Waals surface area contributed by atoms with Crippen molar-refractivity contribution in [2.75, 3.05) is 13.1 Å². The minimum absolute atomic E-state index is 0.115. The number of carbonyl (C=O) groups is 4. The number of nitrogens with zero attached hydrogens (tertiary/aromatic N) is 2. The van der Waals surface area contributed by atoms with Crippen molar-refractivity contribution in [2.45, 2.75) is 44.7 Å². The average molecular weight is 297 g/mol. The molecule has 21 heavy (non-hydrogen) atoms. The minimum Gasteiger partial charge on any atom is -0.481 e. The molecule has 0 radical (unpaired) electrons. The summed E-state index contributed by atoms with van der Waals surface area (Å²) in [7, 11) is 0. The summed E-state index contributed by atoms with van der Waals surface area (Å²) in [4.78, 5) is 49.4. The third kappa shape index (κ3) is 3.14. The molecule has 2 rings (SSSR count). The summed E-state index contributed by atoms with van der Waals surface area (Å²) in [5.41, 5.74) is 0. The Morgan fingerprint density at radius 2 is 2.05 bits per heavy atom. The SMILES string of the molecule is CCC1C(=O)NC(=O)CN1C(=O)N1CCCC1CC(=O)O. The van der Waals surface area contributed by atoms with Crippen LogP contribution in [0.3, 0.4) is 0 Å². The van der Waals surface area contributed by atoms with Gasteiger partial charge in [-0.25, -0.2) is 4.79 Å². The van der Waals surface area contributed by atoms with Crippen molar-refractivity contribution in [3.63, 3.8) is 0 Å². The molecule has 2 N–H and O–H groups in total. The predicted octanol–water partition coefficient (Wildman–Crippen LogP) is -0.217. The highest BCUT2D eigenvalue weighted by molar-refractivity contribution is 6.04. The van der Waals surface area contributed by atoms with Gasteiger partial charge < -0.3 is 14.9 Å². The van der Waals surface area contributed by atoms with Gasteiger partial charge in [0.1, 0.15) is 12.6 Å². The van der Waals surface area contributed by atoms with E-state index in [-0.39, 0.29) is 19.0 Å². The van der Waals surface area contributed by atoms with Gasteiger partial charge in [-0.1, -0.05) is 6.92 Å². The van der Waals surface area contributed by atoms with Crippen molar-refractivity contribution in [3.8, 4) is 0 Å². The van der Waals surface area contributed by atoms with Gasteiger partial charge in [0, 0.05) is 12.6 Å². The molecule has 0 aromatic carbocycles. The number of carbonyl (C=O) groups excluding carboxylic acids is 3. The number of hydrogen-bond acceptors (Lipinski definition) is 4. The van der Waals surface area contributed by atoms with Crippen LogP contribution in [0.15, 0.2) is 0 Å². The van der Waals surface area contributed by atoms with Crippen LogP contribution in [-0.4, -0.2) is 63.9 Å². The fourth-order valence-electron chi connectivity index (χ4n) is 2.94. The number of likely N-dealkylation sites (tertiary alicyclic amines) is 1. The number of piperazine rings is 1. The Labute approximate surface area is 122 Å². The van der Waals surface area contributed by atoms with Crippen LogP contribution < -0.4 is 5.32 Å². The second-order valence-corrected chi connectivity index (χ2v) is 5.33. The molecule has 8 nitrogen and oxygen atoms in total. The first-order valence-corrected chi connectivity index (χ1v) is 7.06. The van der Waals surface area contributed by atoms with Crippen LogP contribution in [0.2, 0.25) is 0 Å². The third-order valence-corrected chi connectivity index (χ3v) is 3.92. The lowest BCUT2D eigenvalue weighted by Gasteiger charge is -2.37. The normalized spacial score (nSPS) is 26.0. The van der Waals surface area contributed by atoms with Crippen molar-refractivity contribution < 1.29 is 24.3 Å². The number of amides is 4. The fraction of sp³-hybridized carbons (Fsp3) is 0.692. The van der Waals surface area contributed by atoms with E-state index in [9.17, 15) is 19.2 Å². The van der Waals surface area contributed by atoms with Gasteiger partial charge in [0.25, 0.3) is 0 Å². The second-order valence-electron chi connectivity index (χ2n) is 5.33. The van der Waals surface area contributed by atoms with Crippen molar-refractivity contribution in [1.29, 1.82) is 0 Å². The first-order valence-electron chi connectivity index (χ1n) is 7.06. The molecule has 0 spiro atoms. The highest BCUT2D eigenvalue weighted by atomic mass is 16.4. The maximum Gasteiger partial charge on any atom is 0.321 e. The summed E-state index contributed by atoms with van der Waals surface area (Å²) in [5.74, 6) is -1.94. The van der Waals surface area contributed by atoms with Gasteiger partial charge in [-0.3, -0.25) is 19.7 Å². The van der Waals surface area contributed by atoms with E-state index in [2.05, 4.69) is 5.32 Å². The Hall–Kier alpha value is -2.12. The molecule has 2 fully saturated rings. The van der Waals surface area contributed by atoms with Crippen molar-refractivity contribution in [1.82, 2.24) is 15.1 Å². The van der Waals surface area contributed by atoms with E-state index in [0.717, 1.165) is 6.42 Å². The van der Waals surface area contributed by atoms with Gasteiger partial charge in [0.2, 0.25) is 11.8 Å². The molecular formula is C13H19N3O5. The third-order valence-electron chi connectivity index (χ3n) is 3.92. The monoisotopic (exact) mass is 297 g/mol. The van der Waals surface area contributed by atoms with E-state index in [4.69, 9.17) is 5.11 Å². The maximum absolute atomic E-state index is 12.6. The van der Waals surface area contributed by atoms with Crippen LogP contribution in [0.5, 0.6) is 0 Å². The lowest BCUT2D eigenvalue weighted by Crippen LogP contribution is -2.62. The van der Waals surface area contributed by atoms with Gasteiger partial charge in [-0.15, -0.1) is 0 Å². The number of carboxylic acid groups (broad SMARTS) is 1. The molecule has 0 saturated carbocycles. The zero-order valence-corrected chi connectivity index (χ0v) is 11.9. The first-order chi connectivity index (χ1) is 9.93. The van der Waals surface area contributed by atoms with E-state index in [1.165, 1.54) is 9.80 Å². The molecule has 0 aliphatic carbocycles. The number of rotatable bonds is 3. The Morgan fingerprint density at radius 1 is 1.33 bits per heavy atom. The topological polar surface area (TPSA) is 107 Å². The highest BCUT2D eigenvalue weighted by Gasteiger charge is 2.40. The Balaban J connectivity index is 2.14. The molecular weight excluding hydrogens is 278 g/mol. The molecule has 0 aromatic rings. The lowest BCUT2D eigenvalue weighted by molar-refractivity contribution is -0.140. The lowest BCUT2D eigenvalue weighted by atomic mass is 10.1. The largest absolute Gasteiger partial charge is 0.481 e. The molecule has 116 valence electrons. The highest BCUT2D eigenvalue weighted by Crippen LogP contribution is 2.23. The molecule has 2 aliphatic heterocycles. The molecule has 2 saturated heterocycles. The zero-order valence-electron chi connectivity index (χ0n) is 11.9. The van der Waals surface area contributed by atoms with Crippen LogP contribution in [-0.2, 0) is 14.4 Å². The standard InChI is InChI=1S/C13H19N3O5/c1-2-9-12(20)14-10(17)7-16(9)13(21)15-5-3-4-8(15)6-11(18)19/h8-9H,2-7H2,1H3,(H,18,19)(H,14,17,20). The van der Waals surface area contributed by atoms with Gasteiger partial charge in [-0.05, 0) is 19.3 Å². The molecule has 2 atom stereocenters. The number of nitrogens with one attached hydrogen (secondary N) is 1. The van der Waals surface area contributed by atoms with E-state index < -0.39 is 29.9 Å². The summed E-state index contributed by atoms with van der Waals surface area (Å²) in [6, 6.07) is -1.47. The van der Waals surface area contributed by atoms with Gasteiger partial charge in [0.15, 0.2) is 0 Å². The van der Waals surface area contributed by atoms with Crippen LogP contribution in [0.1, 0.15) is 32.6 Å². The molecule has 8 heteroatoms. The summed E-state index contributed by atoms with van der Waals surface area (Å²) in [6.07, 6.45) is 1.65. The Bertz CT molecular complexity index is 478. The van der Waals surface area contributed by atoms with Crippen LogP contribution >= 0.6 is 0 Å². The van der Waals surface area contributed by atoms with Gasteiger partial charge >= 0.3 is 12.0 Å². The molecule has 2 heterocycles. The smallest absolute Gasteiger partial charge is 0.321 e. The number of aliphatic carboxylic acids is 1. The summed E-state index contributed by atoms with van der Waals surface area (Å²) < 4.78 is 0. The maximum atomic E-state index is 12.6. The summed E-state index contributed by atoms with van der Waals surface area (Å²) in [5, 5.41) is 11.1. The van der Waals surface area contributed by atoms with Crippen molar-refractivity contribution in [2.24, 2.45) is 0 Å². The predicted molar refractivity (Wildman–Crippen MR) is 71.3 cm³/mol. The van der Waals surface area contributed by atoms with Crippen LogP contribution in [0.25, 0.3) is 0 Å². The molecule has 4 amide bonds. The Kier molecular flexibility index (Phi) is 4.44. The average Bonchev–Trinajstić information content (AvgIpc) is 2.84. The molecule has 2 aliphatic rings. The number of hydrogen-bond donors (Lipinski definition) is 2. The number of urea groups is 1. The van der Waals surface area contributed by atoms with Gasteiger partial charge in [0.05, 0.1) is 6.42 Å². The summed E-state index contributed by atoms with van der Waals surface area (Å²) in [6.45, 7) is 2.05. The van der Waals surface area contributed by atoms with Crippen molar-refractivity contribution in [3.05, 3.63) is 0 Å². The number of carboxylic acids is 1. The van der Waals surface area contributed by atoms with Crippen LogP contribution in [0, 0.1) is 0 Å². The zero-order chi connectivity index (χ0) is 15.6. The minimum atomic E-state index is -0.959. The first kappa shape index (κ1) is 15.3. The molecule has 0 aromatic heterocycles. The molecule has 0 bridgehead atoms. The molecule has 2 unspecified atom stereocenters. The van der Waals surface area contributed by atoms with Gasteiger partial charge in [-0.2, -0.15) is 0 Å².